The lowest BCUT2D eigenvalue weighted by Gasteiger charge is -2.12. The van der Waals surface area contributed by atoms with Gasteiger partial charge < -0.3 is 19.0 Å². The number of rotatable bonds is 6. The zero-order chi connectivity index (χ0) is 13.1. The molecule has 0 aliphatic heterocycles. The van der Waals surface area contributed by atoms with Gasteiger partial charge in [0.1, 0.15) is 0 Å². The summed E-state index contributed by atoms with van der Waals surface area (Å²) in [5.41, 5.74) is 0. The van der Waals surface area contributed by atoms with Gasteiger partial charge in [-0.3, -0.25) is 0 Å². The van der Waals surface area contributed by atoms with Crippen molar-refractivity contribution >= 4 is 17.8 Å². The molecule has 4 nitrogen and oxygen atoms in total. The minimum absolute atomic E-state index is 0. The van der Waals surface area contributed by atoms with Gasteiger partial charge in [0.05, 0.1) is 18.3 Å². The summed E-state index contributed by atoms with van der Waals surface area (Å²) in [7, 11) is 0.102. The first-order valence-electron chi connectivity index (χ1n) is 5.41. The van der Waals surface area contributed by atoms with Crippen LogP contribution in [0, 0.1) is 5.92 Å². The monoisotopic (exact) mass is 400 g/mol. The molecule has 0 radical (unpaired) electrons. The van der Waals surface area contributed by atoms with E-state index in [9.17, 15) is 0 Å². The molecule has 0 aromatic carbocycles. The van der Waals surface area contributed by atoms with Gasteiger partial charge in [-0.2, -0.15) is 0 Å². The van der Waals surface area contributed by atoms with E-state index in [2.05, 4.69) is 13.8 Å². The highest BCUT2D eigenvalue weighted by Crippen LogP contribution is 2.14. The highest BCUT2D eigenvalue weighted by atomic mass is 31.1. The van der Waals surface area contributed by atoms with Crippen LogP contribution in [0.5, 0.6) is 0 Å². The third-order valence-corrected chi connectivity index (χ3v) is 3.25. The molecule has 24 heavy (non-hydrogen) atoms. The molecule has 0 rings (SSSR count). The van der Waals surface area contributed by atoms with Crippen LogP contribution in [0.25, 0.3) is 0 Å². The second-order valence-corrected chi connectivity index (χ2v) is 4.99. The summed E-state index contributed by atoms with van der Waals surface area (Å²) in [4.78, 5) is 8.29. The lowest BCUT2D eigenvalue weighted by atomic mass is 10.1. The van der Waals surface area contributed by atoms with E-state index >= 15 is 0 Å². The molecule has 2 N–H and O–H groups in total. The van der Waals surface area contributed by atoms with Gasteiger partial charge in [0.25, 0.3) is 0 Å². The molecule has 0 saturated carbocycles. The Morgan fingerprint density at radius 2 is 1.00 bits per heavy atom. The topological polar surface area (TPSA) is 58.9 Å². The maximum Gasteiger partial charge on any atom is 0.152 e. The van der Waals surface area contributed by atoms with Crippen LogP contribution in [0.1, 0.15) is 94.0 Å². The predicted octanol–water partition coefficient (Wildman–Crippen LogP) is 7.63. The van der Waals surface area contributed by atoms with Gasteiger partial charge in [-0.1, -0.05) is 73.3 Å². The Morgan fingerprint density at radius 1 is 0.667 bits per heavy atom. The lowest BCUT2D eigenvalue weighted by Crippen LogP contribution is -2.19. The van der Waals surface area contributed by atoms with Crippen LogP contribution in [-0.2, 0) is 9.05 Å². The average Bonchev–Trinajstić information content (AvgIpc) is 2.19. The molecule has 0 aromatic heterocycles. The number of hydrogen-bond donors (Lipinski definition) is 2. The maximum absolute atomic E-state index is 8.83. The minimum Gasteiger partial charge on any atom is -0.391 e. The summed E-state index contributed by atoms with van der Waals surface area (Å²) in [6.45, 7) is 11.6. The Bertz CT molecular complexity index is 133. The van der Waals surface area contributed by atoms with E-state index in [1.165, 1.54) is 0 Å². The van der Waals surface area contributed by atoms with Crippen LogP contribution in [0.4, 0.5) is 0 Å². The highest BCUT2D eigenvalue weighted by Gasteiger charge is 2.06. The molecule has 0 spiro atoms. The van der Waals surface area contributed by atoms with Crippen molar-refractivity contribution in [3.63, 3.8) is 0 Å². The zero-order valence-electron chi connectivity index (χ0n) is 11.0. The Hall–Kier alpha value is 0.700. The molecule has 0 aliphatic carbocycles. The fourth-order valence-corrected chi connectivity index (χ4v) is 1.51. The van der Waals surface area contributed by atoms with Gasteiger partial charge in [0, 0.05) is 8.81 Å². The number of hydrogen-bond acceptors (Lipinski definition) is 4. The van der Waals surface area contributed by atoms with Crippen molar-refractivity contribution in [3.8, 4) is 0 Å². The second-order valence-electron chi connectivity index (χ2n) is 3.93. The van der Waals surface area contributed by atoms with Crippen LogP contribution < -0.4 is 0 Å². The lowest BCUT2D eigenvalue weighted by molar-refractivity contribution is 0.0715. The van der Waals surface area contributed by atoms with Crippen molar-refractivity contribution in [2.45, 2.75) is 112 Å². The van der Waals surface area contributed by atoms with Gasteiger partial charge in [-0.15, -0.1) is 0 Å². The molecule has 0 aliphatic rings. The standard InChI is InChI=1S/2C5H13O2P.8CH4/c1-4(6)5(2)7-8-3;1-4(2)5(3)7-8-6;;;;;;;;/h2*4-6,8H,1-3H3;8*1H4. The fraction of sp³-hybridized carbons (Fsp3) is 1.00. The van der Waals surface area contributed by atoms with Gasteiger partial charge in [-0.05, 0) is 33.4 Å². The summed E-state index contributed by atoms with van der Waals surface area (Å²) >= 11 is 0. The largest absolute Gasteiger partial charge is 0.391 e. The molecule has 5 unspecified atom stereocenters. The molecular weight excluding hydrogens is 342 g/mol. The Morgan fingerprint density at radius 3 is 1.08 bits per heavy atom. The van der Waals surface area contributed by atoms with E-state index in [0.29, 0.717) is 14.7 Å². The summed E-state index contributed by atoms with van der Waals surface area (Å²) in [6, 6.07) is 0. The summed E-state index contributed by atoms with van der Waals surface area (Å²) in [6.07, 6.45) is -0.181. The van der Waals surface area contributed by atoms with Crippen molar-refractivity contribution < 1.29 is 19.0 Å². The highest BCUT2D eigenvalue weighted by molar-refractivity contribution is 7.31. The summed E-state index contributed by atoms with van der Waals surface area (Å²) < 4.78 is 9.97. The Balaban J connectivity index is -0.0000000153. The van der Waals surface area contributed by atoms with Crippen molar-refractivity contribution in [2.24, 2.45) is 5.92 Å². The van der Waals surface area contributed by atoms with Crippen molar-refractivity contribution in [2.75, 3.05) is 6.66 Å². The molecule has 5 atom stereocenters. The molecule has 6 heteroatoms. The quantitative estimate of drug-likeness (QED) is 0.450. The Labute approximate surface area is 162 Å². The van der Waals surface area contributed by atoms with Gasteiger partial charge in [0.15, 0.2) is 9.03 Å². The average molecular weight is 401 g/mol. The van der Waals surface area contributed by atoms with Crippen LogP contribution in [0.3, 0.4) is 0 Å². The SMILES string of the molecule is C.C.C.C.C.C.C.C.CC(C)C(C)OPO.CPOC(C)C(C)O. The van der Waals surface area contributed by atoms with Gasteiger partial charge >= 0.3 is 0 Å². The molecule has 0 heterocycles. The molecule has 0 bridgehead atoms. The van der Waals surface area contributed by atoms with Crippen LogP contribution in [0.15, 0.2) is 0 Å². The third kappa shape index (κ3) is 49.5. The van der Waals surface area contributed by atoms with E-state index < -0.39 is 0 Å². The first-order chi connectivity index (χ1) is 7.36. The van der Waals surface area contributed by atoms with Crippen LogP contribution >= 0.6 is 17.8 Å². The van der Waals surface area contributed by atoms with E-state index in [1.807, 2.05) is 20.5 Å². The van der Waals surface area contributed by atoms with Crippen molar-refractivity contribution in [1.82, 2.24) is 0 Å². The van der Waals surface area contributed by atoms with Gasteiger partial charge in [0.2, 0.25) is 0 Å². The van der Waals surface area contributed by atoms with E-state index in [1.54, 1.807) is 6.92 Å². The second kappa shape index (κ2) is 43.8. The van der Waals surface area contributed by atoms with E-state index in [0.717, 1.165) is 0 Å². The number of aliphatic hydroxyl groups excluding tert-OH is 1. The maximum atomic E-state index is 8.83. The van der Waals surface area contributed by atoms with Crippen molar-refractivity contribution in [3.05, 3.63) is 0 Å². The van der Waals surface area contributed by atoms with E-state index in [-0.39, 0.29) is 86.8 Å². The smallest absolute Gasteiger partial charge is 0.152 e. The number of aliphatic hydroxyl groups is 1. The van der Waals surface area contributed by atoms with Crippen LogP contribution in [0.2, 0.25) is 0 Å². The van der Waals surface area contributed by atoms with Crippen molar-refractivity contribution in [1.29, 1.82) is 0 Å². The fourth-order valence-electron chi connectivity index (χ4n) is 0.504. The minimum atomic E-state index is -0.369. The van der Waals surface area contributed by atoms with E-state index in [4.69, 9.17) is 19.0 Å². The first-order valence-corrected chi connectivity index (χ1v) is 7.68. The third-order valence-electron chi connectivity index (χ3n) is 2.16. The Kier molecular flexibility index (Phi) is 117. The molecule has 0 fully saturated rings. The van der Waals surface area contributed by atoms with Gasteiger partial charge in [-0.25, -0.2) is 0 Å². The first kappa shape index (κ1) is 64.2. The summed E-state index contributed by atoms with van der Waals surface area (Å²) in [5, 5.41) is 8.83. The molecule has 0 aromatic rings. The molecular formula is C18H58O4P2. The molecule has 0 amide bonds. The summed E-state index contributed by atoms with van der Waals surface area (Å²) in [5.74, 6) is 0.495. The molecule has 164 valence electrons. The molecule has 0 saturated heterocycles. The normalized spacial score (nSPS) is 11.9. The predicted molar refractivity (Wildman–Crippen MR) is 126 cm³/mol. The zero-order valence-corrected chi connectivity index (χ0v) is 13.0. The van der Waals surface area contributed by atoms with Crippen LogP contribution in [-0.4, -0.2) is 35.0 Å².